The molecule has 1 aliphatic heterocycles. The lowest BCUT2D eigenvalue weighted by Gasteiger charge is -2.16. The third-order valence-electron chi connectivity index (χ3n) is 3.23. The normalized spacial score (nSPS) is 14.5. The minimum atomic E-state index is -0.603. The Labute approximate surface area is 123 Å². The highest BCUT2D eigenvalue weighted by molar-refractivity contribution is 5.56. The lowest BCUT2D eigenvalue weighted by molar-refractivity contribution is -0.0431. The molecule has 1 N–H and O–H groups in total. The second-order valence-electron chi connectivity index (χ2n) is 5.43. The largest absolute Gasteiger partial charge is 0.449 e. The number of hydrogen-bond acceptors (Lipinski definition) is 4. The second-order valence-corrected chi connectivity index (χ2v) is 5.43. The maximum atomic E-state index is 8.78. The molecule has 2 aromatic rings. The van der Waals surface area contributed by atoms with Gasteiger partial charge in [0.1, 0.15) is 0 Å². The molecule has 4 heteroatoms. The number of fused-ring (bicyclic) bond motifs is 1. The maximum Gasteiger partial charge on any atom is 0.246 e. The predicted molar refractivity (Wildman–Crippen MR) is 80.3 cm³/mol. The molecule has 0 saturated heterocycles. The van der Waals surface area contributed by atoms with Crippen molar-refractivity contribution in [2.45, 2.75) is 26.2 Å². The summed E-state index contributed by atoms with van der Waals surface area (Å²) < 4.78 is 11.4. The topological polar surface area (TPSA) is 54.3 Å². The van der Waals surface area contributed by atoms with Crippen molar-refractivity contribution >= 4 is 5.69 Å². The molecular formula is C17H16N2O2. The molecule has 0 aromatic heterocycles. The van der Waals surface area contributed by atoms with Crippen LogP contribution in [0, 0.1) is 11.3 Å². The SMILES string of the molecule is CC1(C)Oc2ccc(NCc3ccc(C#N)cc3)cc2O1. The summed E-state index contributed by atoms with van der Waals surface area (Å²) in [4.78, 5) is 0. The van der Waals surface area contributed by atoms with Gasteiger partial charge < -0.3 is 14.8 Å². The van der Waals surface area contributed by atoms with Crippen LogP contribution in [0.1, 0.15) is 25.0 Å². The Bertz CT molecular complexity index is 700. The highest BCUT2D eigenvalue weighted by Crippen LogP contribution is 2.40. The zero-order chi connectivity index (χ0) is 14.9. The van der Waals surface area contributed by atoms with E-state index in [4.69, 9.17) is 14.7 Å². The highest BCUT2D eigenvalue weighted by atomic mass is 16.7. The molecule has 0 saturated carbocycles. The molecule has 1 heterocycles. The summed E-state index contributed by atoms with van der Waals surface area (Å²) in [6.45, 7) is 4.46. The van der Waals surface area contributed by atoms with E-state index in [0.29, 0.717) is 12.1 Å². The van der Waals surface area contributed by atoms with Crippen LogP contribution in [0.15, 0.2) is 42.5 Å². The first-order valence-corrected chi connectivity index (χ1v) is 6.81. The van der Waals surface area contributed by atoms with Crippen LogP contribution in [0.2, 0.25) is 0 Å². The summed E-state index contributed by atoms with van der Waals surface area (Å²) in [5.41, 5.74) is 2.76. The summed E-state index contributed by atoms with van der Waals surface area (Å²) in [5.74, 6) is 0.919. The molecule has 0 spiro atoms. The first-order chi connectivity index (χ1) is 10.1. The van der Waals surface area contributed by atoms with Crippen LogP contribution in [0.3, 0.4) is 0 Å². The fourth-order valence-electron chi connectivity index (χ4n) is 2.23. The molecule has 21 heavy (non-hydrogen) atoms. The number of nitriles is 1. The fraction of sp³-hybridized carbons (Fsp3) is 0.235. The van der Waals surface area contributed by atoms with Gasteiger partial charge in [0.05, 0.1) is 11.6 Å². The maximum absolute atomic E-state index is 8.78. The van der Waals surface area contributed by atoms with Gasteiger partial charge in [0.25, 0.3) is 0 Å². The Hall–Kier alpha value is -2.67. The molecule has 0 unspecified atom stereocenters. The average molecular weight is 280 g/mol. The van der Waals surface area contributed by atoms with Gasteiger partial charge in [-0.2, -0.15) is 5.26 Å². The van der Waals surface area contributed by atoms with Gasteiger partial charge in [0, 0.05) is 32.1 Å². The van der Waals surface area contributed by atoms with E-state index in [1.54, 1.807) is 0 Å². The van der Waals surface area contributed by atoms with Crippen LogP contribution in [0.4, 0.5) is 5.69 Å². The molecule has 0 atom stereocenters. The Morgan fingerprint density at radius 2 is 1.76 bits per heavy atom. The van der Waals surface area contributed by atoms with E-state index in [9.17, 15) is 0 Å². The summed E-state index contributed by atoms with van der Waals surface area (Å²) in [5, 5.41) is 12.1. The number of hydrogen-bond donors (Lipinski definition) is 1. The lowest BCUT2D eigenvalue weighted by Crippen LogP contribution is -2.29. The van der Waals surface area contributed by atoms with Gasteiger partial charge in [0.15, 0.2) is 11.5 Å². The van der Waals surface area contributed by atoms with Gasteiger partial charge in [0.2, 0.25) is 5.79 Å². The monoisotopic (exact) mass is 280 g/mol. The number of nitrogens with zero attached hydrogens (tertiary/aromatic N) is 1. The van der Waals surface area contributed by atoms with Gasteiger partial charge in [-0.1, -0.05) is 12.1 Å². The van der Waals surface area contributed by atoms with Crippen molar-refractivity contribution in [1.82, 2.24) is 0 Å². The number of nitrogens with one attached hydrogen (secondary N) is 1. The quantitative estimate of drug-likeness (QED) is 0.931. The zero-order valence-corrected chi connectivity index (χ0v) is 12.0. The van der Waals surface area contributed by atoms with Crippen molar-refractivity contribution in [2.75, 3.05) is 5.32 Å². The van der Waals surface area contributed by atoms with Crippen LogP contribution in [0.5, 0.6) is 11.5 Å². The number of anilines is 1. The third-order valence-corrected chi connectivity index (χ3v) is 3.23. The molecule has 4 nitrogen and oxygen atoms in total. The van der Waals surface area contributed by atoms with E-state index in [2.05, 4.69) is 11.4 Å². The van der Waals surface area contributed by atoms with Crippen LogP contribution in [-0.2, 0) is 6.54 Å². The van der Waals surface area contributed by atoms with Crippen molar-refractivity contribution in [3.05, 3.63) is 53.6 Å². The van der Waals surface area contributed by atoms with E-state index in [0.717, 1.165) is 22.7 Å². The van der Waals surface area contributed by atoms with Crippen molar-refractivity contribution < 1.29 is 9.47 Å². The molecule has 0 bridgehead atoms. The molecule has 3 rings (SSSR count). The van der Waals surface area contributed by atoms with Gasteiger partial charge in [-0.15, -0.1) is 0 Å². The highest BCUT2D eigenvalue weighted by Gasteiger charge is 2.31. The Morgan fingerprint density at radius 3 is 2.48 bits per heavy atom. The van der Waals surface area contributed by atoms with E-state index >= 15 is 0 Å². The number of rotatable bonds is 3. The average Bonchev–Trinajstić information content (AvgIpc) is 2.78. The third kappa shape index (κ3) is 2.92. The van der Waals surface area contributed by atoms with Crippen LogP contribution < -0.4 is 14.8 Å². The zero-order valence-electron chi connectivity index (χ0n) is 12.0. The van der Waals surface area contributed by atoms with E-state index in [-0.39, 0.29) is 0 Å². The van der Waals surface area contributed by atoms with Gasteiger partial charge >= 0.3 is 0 Å². The van der Waals surface area contributed by atoms with E-state index < -0.39 is 5.79 Å². The molecule has 2 aromatic carbocycles. The number of ether oxygens (including phenoxy) is 2. The molecule has 0 radical (unpaired) electrons. The van der Waals surface area contributed by atoms with Crippen LogP contribution >= 0.6 is 0 Å². The molecule has 0 fully saturated rings. The summed E-state index contributed by atoms with van der Waals surface area (Å²) >= 11 is 0. The Balaban J connectivity index is 1.68. The molecule has 1 aliphatic rings. The van der Waals surface area contributed by atoms with Crippen molar-refractivity contribution in [3.63, 3.8) is 0 Å². The van der Waals surface area contributed by atoms with Gasteiger partial charge in [-0.3, -0.25) is 0 Å². The molecule has 106 valence electrons. The lowest BCUT2D eigenvalue weighted by atomic mass is 10.1. The summed E-state index contributed by atoms with van der Waals surface area (Å²) in [6.07, 6.45) is 0. The van der Waals surface area contributed by atoms with Crippen molar-refractivity contribution in [2.24, 2.45) is 0 Å². The minimum absolute atomic E-state index is 0.603. The molecule has 0 aliphatic carbocycles. The van der Waals surface area contributed by atoms with E-state index in [1.165, 1.54) is 0 Å². The second kappa shape index (κ2) is 5.02. The number of benzene rings is 2. The van der Waals surface area contributed by atoms with Crippen LogP contribution in [-0.4, -0.2) is 5.79 Å². The van der Waals surface area contributed by atoms with E-state index in [1.807, 2.05) is 56.3 Å². The first kappa shape index (κ1) is 13.3. The van der Waals surface area contributed by atoms with Crippen molar-refractivity contribution in [1.29, 1.82) is 5.26 Å². The standard InChI is InChI=1S/C17H16N2O2/c1-17(2)20-15-8-7-14(9-16(15)21-17)19-11-13-5-3-12(10-18)4-6-13/h3-9,19H,11H2,1-2H3. The Kier molecular flexibility index (Phi) is 3.19. The summed E-state index contributed by atoms with van der Waals surface area (Å²) in [6, 6.07) is 15.5. The predicted octanol–water partition coefficient (Wildman–Crippen LogP) is 3.68. The fourth-order valence-corrected chi connectivity index (χ4v) is 2.23. The van der Waals surface area contributed by atoms with Gasteiger partial charge in [-0.05, 0) is 29.8 Å². The van der Waals surface area contributed by atoms with Crippen molar-refractivity contribution in [3.8, 4) is 17.6 Å². The first-order valence-electron chi connectivity index (χ1n) is 6.81. The van der Waals surface area contributed by atoms with Crippen LogP contribution in [0.25, 0.3) is 0 Å². The smallest absolute Gasteiger partial charge is 0.246 e. The minimum Gasteiger partial charge on any atom is -0.449 e. The molecule has 0 amide bonds. The van der Waals surface area contributed by atoms with Gasteiger partial charge in [-0.25, -0.2) is 0 Å². The molecular weight excluding hydrogens is 264 g/mol. The summed E-state index contributed by atoms with van der Waals surface area (Å²) in [7, 11) is 0. The Morgan fingerprint density at radius 1 is 1.05 bits per heavy atom.